The number of ether oxygens (including phenoxy) is 1. The van der Waals surface area contributed by atoms with Gasteiger partial charge in [-0.25, -0.2) is 9.78 Å². The van der Waals surface area contributed by atoms with Crippen LogP contribution in [0.3, 0.4) is 0 Å². The van der Waals surface area contributed by atoms with Gasteiger partial charge in [0, 0.05) is 11.1 Å². The molecule has 0 amide bonds. The molecule has 3 aromatic rings. The molecule has 4 nitrogen and oxygen atoms in total. The van der Waals surface area contributed by atoms with Crippen molar-refractivity contribution < 1.29 is 9.53 Å². The Morgan fingerprint density at radius 1 is 1.18 bits per heavy atom. The highest BCUT2D eigenvalue weighted by molar-refractivity contribution is 7.21. The maximum atomic E-state index is 12.4. The molecule has 0 saturated carbocycles. The normalized spacial score (nSPS) is 14.2. The van der Waals surface area contributed by atoms with Crippen molar-refractivity contribution in [3.8, 4) is 0 Å². The summed E-state index contributed by atoms with van der Waals surface area (Å²) < 4.78 is 5.20. The molecule has 144 valence electrons. The Bertz CT molecular complexity index is 1040. The fourth-order valence-electron chi connectivity index (χ4n) is 3.80. The molecule has 0 fully saturated rings. The van der Waals surface area contributed by atoms with Gasteiger partial charge >= 0.3 is 5.97 Å². The minimum atomic E-state index is -0.365. The lowest BCUT2D eigenvalue weighted by atomic mass is 9.97. The van der Waals surface area contributed by atoms with Crippen molar-refractivity contribution in [3.05, 3.63) is 57.6 Å². The van der Waals surface area contributed by atoms with Crippen molar-refractivity contribution >= 4 is 45.4 Å². The molecule has 1 aliphatic rings. The maximum absolute atomic E-state index is 12.4. The molecule has 0 saturated heterocycles. The number of hydrogen-bond donors (Lipinski definition) is 1. The van der Waals surface area contributed by atoms with E-state index in [4.69, 9.17) is 15.5 Å². The minimum Gasteiger partial charge on any atom is -0.462 e. The Hall–Kier alpha value is -2.66. The number of nitrogens with zero attached hydrogens (tertiary/aromatic N) is 1. The molecule has 0 aliphatic heterocycles. The molecule has 0 atom stereocenters. The predicted octanol–water partition coefficient (Wildman–Crippen LogP) is 5.49. The first-order chi connectivity index (χ1) is 13.7. The number of hydrogen-bond acceptors (Lipinski definition) is 5. The highest BCUT2D eigenvalue weighted by Gasteiger charge is 2.24. The molecule has 0 unspecified atom stereocenters. The zero-order valence-electron chi connectivity index (χ0n) is 16.0. The van der Waals surface area contributed by atoms with E-state index in [0.29, 0.717) is 17.2 Å². The standard InChI is InChI=1S/C23H24N2O2S/c1-2-27-23(26)21-20(24)19-17(14-13-15-9-5-3-6-10-15)16-11-7-4-8-12-18(16)25-22(19)28-21/h3,5-6,9-10,13-14H,2,4,7-8,11-12,24H2,1H3/b14-13+. The predicted molar refractivity (Wildman–Crippen MR) is 117 cm³/mol. The second-order valence-electron chi connectivity index (χ2n) is 7.00. The Morgan fingerprint density at radius 2 is 1.96 bits per heavy atom. The zero-order chi connectivity index (χ0) is 19.5. The lowest BCUT2D eigenvalue weighted by molar-refractivity contribution is 0.0533. The Kier molecular flexibility index (Phi) is 5.44. The van der Waals surface area contributed by atoms with Gasteiger partial charge in [-0.1, -0.05) is 48.9 Å². The molecular formula is C23H24N2O2S. The number of carbonyl (C=O) groups is 1. The first kappa shape index (κ1) is 18.7. The van der Waals surface area contributed by atoms with Gasteiger partial charge < -0.3 is 10.5 Å². The van der Waals surface area contributed by atoms with E-state index in [0.717, 1.165) is 52.7 Å². The summed E-state index contributed by atoms with van der Waals surface area (Å²) in [6.45, 7) is 2.13. The van der Waals surface area contributed by atoms with Crippen LogP contribution in [0.4, 0.5) is 5.69 Å². The molecule has 4 rings (SSSR count). The van der Waals surface area contributed by atoms with Crippen LogP contribution < -0.4 is 5.73 Å². The quantitative estimate of drug-likeness (QED) is 0.471. The van der Waals surface area contributed by atoms with E-state index >= 15 is 0 Å². The molecule has 2 heterocycles. The number of aromatic nitrogens is 1. The van der Waals surface area contributed by atoms with E-state index in [1.807, 2.05) is 18.2 Å². The number of thiophene rings is 1. The van der Waals surface area contributed by atoms with E-state index in [-0.39, 0.29) is 5.97 Å². The number of benzene rings is 1. The first-order valence-electron chi connectivity index (χ1n) is 9.83. The first-order valence-corrected chi connectivity index (χ1v) is 10.6. The van der Waals surface area contributed by atoms with Crippen LogP contribution in [0, 0.1) is 0 Å². The molecule has 28 heavy (non-hydrogen) atoms. The smallest absolute Gasteiger partial charge is 0.350 e. The summed E-state index contributed by atoms with van der Waals surface area (Å²) in [5, 5.41) is 0.890. The van der Waals surface area contributed by atoms with E-state index < -0.39 is 0 Å². The Labute approximate surface area is 169 Å². The van der Waals surface area contributed by atoms with Crippen molar-refractivity contribution in [1.82, 2.24) is 4.98 Å². The second-order valence-corrected chi connectivity index (χ2v) is 8.00. The van der Waals surface area contributed by atoms with Crippen molar-refractivity contribution in [2.24, 2.45) is 0 Å². The minimum absolute atomic E-state index is 0.331. The zero-order valence-corrected chi connectivity index (χ0v) is 16.8. The van der Waals surface area contributed by atoms with Gasteiger partial charge in [0.15, 0.2) is 0 Å². The molecule has 1 aromatic carbocycles. The van der Waals surface area contributed by atoms with E-state index in [1.165, 1.54) is 23.3 Å². The van der Waals surface area contributed by atoms with Crippen LogP contribution in [0.2, 0.25) is 0 Å². The molecule has 2 N–H and O–H groups in total. The fraction of sp³-hybridized carbons (Fsp3) is 0.304. The van der Waals surface area contributed by atoms with Crippen LogP contribution in [0.15, 0.2) is 30.3 Å². The van der Waals surface area contributed by atoms with Gasteiger partial charge in [0.05, 0.1) is 12.3 Å². The number of esters is 1. The maximum Gasteiger partial charge on any atom is 0.350 e. The molecule has 1 aliphatic carbocycles. The molecule has 2 aromatic heterocycles. The van der Waals surface area contributed by atoms with Crippen molar-refractivity contribution in [1.29, 1.82) is 0 Å². The monoisotopic (exact) mass is 392 g/mol. The number of aryl methyl sites for hydroxylation is 1. The van der Waals surface area contributed by atoms with Crippen LogP contribution >= 0.6 is 11.3 Å². The summed E-state index contributed by atoms with van der Waals surface area (Å²) in [7, 11) is 0. The van der Waals surface area contributed by atoms with Crippen LogP contribution in [0.5, 0.6) is 0 Å². The van der Waals surface area contributed by atoms with E-state index in [9.17, 15) is 4.79 Å². The largest absolute Gasteiger partial charge is 0.462 e. The van der Waals surface area contributed by atoms with E-state index in [1.54, 1.807) is 6.92 Å². The third-order valence-corrected chi connectivity index (χ3v) is 6.23. The van der Waals surface area contributed by atoms with Gasteiger partial charge in [-0.05, 0) is 49.3 Å². The van der Waals surface area contributed by atoms with Crippen molar-refractivity contribution in [2.75, 3.05) is 12.3 Å². The topological polar surface area (TPSA) is 65.2 Å². The van der Waals surface area contributed by atoms with Gasteiger partial charge in [-0.2, -0.15) is 0 Å². The summed E-state index contributed by atoms with van der Waals surface area (Å²) in [4.78, 5) is 18.6. The summed E-state index contributed by atoms with van der Waals surface area (Å²) >= 11 is 1.34. The fourth-order valence-corrected chi connectivity index (χ4v) is 4.82. The number of carbonyl (C=O) groups excluding carboxylic acids is 1. The average Bonchev–Trinajstić information content (AvgIpc) is 2.88. The molecule has 0 radical (unpaired) electrons. The van der Waals surface area contributed by atoms with Gasteiger partial charge in [-0.15, -0.1) is 11.3 Å². The Balaban J connectivity index is 1.91. The number of anilines is 1. The number of pyridine rings is 1. The van der Waals surface area contributed by atoms with Crippen LogP contribution in [0.1, 0.15) is 58.2 Å². The van der Waals surface area contributed by atoms with Crippen LogP contribution in [-0.2, 0) is 17.6 Å². The summed E-state index contributed by atoms with van der Waals surface area (Å²) in [5.74, 6) is -0.365. The summed E-state index contributed by atoms with van der Waals surface area (Å²) in [5.41, 5.74) is 11.6. The van der Waals surface area contributed by atoms with Crippen molar-refractivity contribution in [2.45, 2.75) is 39.0 Å². The number of nitrogens with two attached hydrogens (primary N) is 1. The lowest BCUT2D eigenvalue weighted by Crippen LogP contribution is -2.05. The van der Waals surface area contributed by atoms with Crippen LogP contribution in [0.25, 0.3) is 22.4 Å². The summed E-state index contributed by atoms with van der Waals surface area (Å²) in [6.07, 6.45) is 9.75. The number of fused-ring (bicyclic) bond motifs is 2. The summed E-state index contributed by atoms with van der Waals surface area (Å²) in [6, 6.07) is 10.2. The van der Waals surface area contributed by atoms with Crippen molar-refractivity contribution in [3.63, 3.8) is 0 Å². The van der Waals surface area contributed by atoms with Gasteiger partial charge in [0.25, 0.3) is 0 Å². The molecular weight excluding hydrogens is 368 g/mol. The van der Waals surface area contributed by atoms with Gasteiger partial charge in [-0.3, -0.25) is 0 Å². The highest BCUT2D eigenvalue weighted by Crippen LogP contribution is 2.39. The third kappa shape index (κ3) is 3.54. The molecule has 0 spiro atoms. The van der Waals surface area contributed by atoms with Gasteiger partial charge in [0.1, 0.15) is 9.71 Å². The molecule has 5 heteroatoms. The highest BCUT2D eigenvalue weighted by atomic mass is 32.1. The van der Waals surface area contributed by atoms with Gasteiger partial charge in [0.2, 0.25) is 0 Å². The van der Waals surface area contributed by atoms with Crippen LogP contribution in [-0.4, -0.2) is 17.6 Å². The SMILES string of the molecule is CCOC(=O)c1sc2nc3c(c(/C=C/c4ccccc4)c2c1N)CCCCC3. The lowest BCUT2D eigenvalue weighted by Gasteiger charge is -2.11. The second kappa shape index (κ2) is 8.15. The number of nitrogen functional groups attached to an aromatic ring is 1. The average molecular weight is 393 g/mol. The Morgan fingerprint density at radius 3 is 2.75 bits per heavy atom. The number of rotatable bonds is 4. The third-order valence-electron chi connectivity index (χ3n) is 5.15. The van der Waals surface area contributed by atoms with E-state index in [2.05, 4.69) is 24.3 Å². The molecule has 0 bridgehead atoms.